The highest BCUT2D eigenvalue weighted by atomic mass is 16.6. The number of nitrogen functional groups attached to an aromatic ring is 1. The third-order valence-electron chi connectivity index (χ3n) is 4.78. The number of nitrogens with one attached hydrogen (secondary N) is 1. The molecule has 1 amide bonds. The van der Waals surface area contributed by atoms with Crippen LogP contribution in [-0.4, -0.2) is 58.9 Å². The molecule has 0 saturated carbocycles. The molecule has 1 fully saturated rings. The van der Waals surface area contributed by atoms with E-state index in [0.29, 0.717) is 36.6 Å². The van der Waals surface area contributed by atoms with Crippen LogP contribution in [-0.2, 0) is 14.4 Å². The maximum absolute atomic E-state index is 12.2. The molecule has 0 aliphatic carbocycles. The zero-order chi connectivity index (χ0) is 20.5. The van der Waals surface area contributed by atoms with E-state index in [-0.39, 0.29) is 12.4 Å². The van der Waals surface area contributed by atoms with Crippen LogP contribution in [0.5, 0.6) is 0 Å². The molecule has 3 heterocycles. The quantitative estimate of drug-likeness (QED) is 0.627. The summed E-state index contributed by atoms with van der Waals surface area (Å²) in [6.45, 7) is 6.26. The summed E-state index contributed by atoms with van der Waals surface area (Å²) in [4.78, 5) is 36.5. The average Bonchev–Trinajstić information content (AvgIpc) is 3.18. The number of nitrogens with zero attached hydrogens (tertiary/aromatic N) is 4. The fourth-order valence-electron chi connectivity index (χ4n) is 3.09. The number of hydrogen-bond acceptors (Lipinski definition) is 8. The highest BCUT2D eigenvalue weighted by Gasteiger charge is 2.30. The molecule has 10 heteroatoms. The minimum absolute atomic E-state index is 0.0685. The molecule has 0 bridgehead atoms. The van der Waals surface area contributed by atoms with Gasteiger partial charge in [0.1, 0.15) is 5.82 Å². The predicted molar refractivity (Wildman–Crippen MR) is 105 cm³/mol. The molecule has 1 aromatic rings. The zero-order valence-electron chi connectivity index (χ0n) is 16.2. The monoisotopic (exact) mass is 392 g/mol. The van der Waals surface area contributed by atoms with Gasteiger partial charge in [0.05, 0.1) is 5.71 Å². The maximum atomic E-state index is 12.2. The smallest absolute Gasteiger partial charge is 0.290 e. The molecule has 1 aromatic heterocycles. The Balaban J connectivity index is 0.000000878. The lowest BCUT2D eigenvalue weighted by atomic mass is 9.96. The Morgan fingerprint density at radius 2 is 2.14 bits per heavy atom. The van der Waals surface area contributed by atoms with Crippen LogP contribution in [0.1, 0.15) is 33.1 Å². The average molecular weight is 392 g/mol. The number of hydrogen-bond donors (Lipinski definition) is 3. The van der Waals surface area contributed by atoms with Crippen LogP contribution >= 0.6 is 0 Å². The fraction of sp³-hybridized carbons (Fsp3) is 0.611. The van der Waals surface area contributed by atoms with Crippen molar-refractivity contribution in [1.29, 1.82) is 0 Å². The van der Waals surface area contributed by atoms with Crippen LogP contribution < -0.4 is 16.0 Å². The Morgan fingerprint density at radius 3 is 2.71 bits per heavy atom. The van der Waals surface area contributed by atoms with Gasteiger partial charge in [-0.25, -0.2) is 4.98 Å². The summed E-state index contributed by atoms with van der Waals surface area (Å²) in [6, 6.07) is 1.69. The van der Waals surface area contributed by atoms with Crippen molar-refractivity contribution in [3.05, 3.63) is 12.3 Å². The lowest BCUT2D eigenvalue weighted by Crippen LogP contribution is -2.42. The third-order valence-corrected chi connectivity index (χ3v) is 4.78. The Hall–Kier alpha value is -2.91. The van der Waals surface area contributed by atoms with Gasteiger partial charge in [0.2, 0.25) is 12.1 Å². The van der Waals surface area contributed by atoms with Crippen LogP contribution in [0.15, 0.2) is 17.4 Å². The number of carbonyl (C=O) groups is 2. The number of carboxylic acid groups (broad SMARTS) is 1. The number of piperidine rings is 1. The fourth-order valence-corrected chi connectivity index (χ4v) is 3.09. The van der Waals surface area contributed by atoms with Crippen LogP contribution in [0.4, 0.5) is 11.8 Å². The highest BCUT2D eigenvalue weighted by molar-refractivity contribution is 5.93. The minimum atomic E-state index is -0.474. The Morgan fingerprint density at radius 1 is 1.46 bits per heavy atom. The van der Waals surface area contributed by atoms with E-state index in [9.17, 15) is 4.79 Å². The van der Waals surface area contributed by atoms with E-state index in [1.54, 1.807) is 12.3 Å². The van der Waals surface area contributed by atoms with Crippen LogP contribution in [0.3, 0.4) is 0 Å². The number of carbonyl (C=O) groups excluding carboxylic acids is 1. The molecule has 2 aliphatic heterocycles. The molecule has 4 N–H and O–H groups in total. The lowest BCUT2D eigenvalue weighted by molar-refractivity contribution is -0.131. The number of nitrogens with two attached hydrogens (primary N) is 1. The molecule has 3 rings (SSSR count). The molecule has 0 spiro atoms. The van der Waals surface area contributed by atoms with E-state index in [4.69, 9.17) is 20.5 Å². The van der Waals surface area contributed by atoms with Gasteiger partial charge in [0.15, 0.2) is 0 Å². The van der Waals surface area contributed by atoms with Gasteiger partial charge in [-0.2, -0.15) is 4.98 Å². The van der Waals surface area contributed by atoms with Crippen LogP contribution in [0, 0.1) is 11.8 Å². The summed E-state index contributed by atoms with van der Waals surface area (Å²) >= 11 is 0. The Kier molecular flexibility index (Phi) is 7.97. The lowest BCUT2D eigenvalue weighted by Gasteiger charge is -2.32. The summed E-state index contributed by atoms with van der Waals surface area (Å²) in [6.07, 6.45) is 3.77. The molecule has 2 aliphatic rings. The number of aromatic nitrogens is 2. The van der Waals surface area contributed by atoms with Crippen LogP contribution in [0.2, 0.25) is 0 Å². The topological polar surface area (TPSA) is 143 Å². The predicted octanol–water partition coefficient (Wildman–Crippen LogP) is 0.893. The maximum Gasteiger partial charge on any atom is 0.290 e. The van der Waals surface area contributed by atoms with Crippen molar-refractivity contribution in [2.75, 3.05) is 30.3 Å². The molecule has 0 radical (unpaired) electrons. The number of rotatable bonds is 5. The standard InChI is InChI=1S/C17H26N6O2.CH2O2/c1-11(2)13-9-14(25-22-13)16(24)20-10-12-4-7-23(8-5-12)17-19-6-3-15(18)21-17;2-1-3/h3,6,11-12,14H,4-5,7-10H2,1-2H3,(H,20,24)(H2,18,19,21);1H,(H,2,3). The van der Waals surface area contributed by atoms with E-state index in [1.165, 1.54) is 0 Å². The minimum Gasteiger partial charge on any atom is -0.483 e. The zero-order valence-corrected chi connectivity index (χ0v) is 16.2. The van der Waals surface area contributed by atoms with Crippen LogP contribution in [0.25, 0.3) is 0 Å². The van der Waals surface area contributed by atoms with Crippen molar-refractivity contribution >= 4 is 29.9 Å². The number of oxime groups is 1. The Bertz CT molecular complexity index is 688. The molecule has 1 unspecified atom stereocenters. The highest BCUT2D eigenvalue weighted by Crippen LogP contribution is 2.21. The molecule has 0 aromatic carbocycles. The van der Waals surface area contributed by atoms with Crippen molar-refractivity contribution in [2.45, 2.75) is 39.2 Å². The second kappa shape index (κ2) is 10.4. The number of anilines is 2. The summed E-state index contributed by atoms with van der Waals surface area (Å²) in [5, 5.41) is 13.9. The second-order valence-electron chi connectivity index (χ2n) is 7.10. The summed E-state index contributed by atoms with van der Waals surface area (Å²) in [5.74, 6) is 1.87. The van der Waals surface area contributed by atoms with Gasteiger partial charge in [-0.05, 0) is 30.7 Å². The van der Waals surface area contributed by atoms with Gasteiger partial charge in [0, 0.05) is 32.3 Å². The second-order valence-corrected chi connectivity index (χ2v) is 7.10. The van der Waals surface area contributed by atoms with E-state index >= 15 is 0 Å². The normalized spacial score (nSPS) is 19.3. The third kappa shape index (κ3) is 6.07. The van der Waals surface area contributed by atoms with Gasteiger partial charge >= 0.3 is 0 Å². The molecule has 154 valence electrons. The number of amides is 1. The van der Waals surface area contributed by atoms with Crippen molar-refractivity contribution in [2.24, 2.45) is 17.0 Å². The SMILES string of the molecule is CC(C)C1=NOC(C(=O)NCC2CCN(c3nccc(N)n3)CC2)C1.O=CO. The summed E-state index contributed by atoms with van der Waals surface area (Å²) < 4.78 is 0. The van der Waals surface area contributed by atoms with E-state index in [1.807, 2.05) is 0 Å². The van der Waals surface area contributed by atoms with Gasteiger partial charge in [-0.3, -0.25) is 9.59 Å². The first-order chi connectivity index (χ1) is 13.4. The Labute approximate surface area is 164 Å². The van der Waals surface area contributed by atoms with Gasteiger partial charge in [-0.15, -0.1) is 0 Å². The first kappa shape index (κ1) is 21.4. The van der Waals surface area contributed by atoms with Gasteiger partial charge in [0.25, 0.3) is 12.4 Å². The van der Waals surface area contributed by atoms with Crippen molar-refractivity contribution in [3.8, 4) is 0 Å². The molecule has 1 saturated heterocycles. The van der Waals surface area contributed by atoms with E-state index in [2.05, 4.69) is 39.2 Å². The largest absolute Gasteiger partial charge is 0.483 e. The van der Waals surface area contributed by atoms with Gasteiger partial charge < -0.3 is 25.9 Å². The van der Waals surface area contributed by atoms with Crippen molar-refractivity contribution in [3.63, 3.8) is 0 Å². The van der Waals surface area contributed by atoms with Gasteiger partial charge in [-0.1, -0.05) is 19.0 Å². The molecule has 1 atom stereocenters. The summed E-state index contributed by atoms with van der Waals surface area (Å²) in [7, 11) is 0. The van der Waals surface area contributed by atoms with E-state index < -0.39 is 6.10 Å². The molecule has 28 heavy (non-hydrogen) atoms. The first-order valence-corrected chi connectivity index (χ1v) is 9.36. The summed E-state index contributed by atoms with van der Waals surface area (Å²) in [5.41, 5.74) is 6.67. The van der Waals surface area contributed by atoms with Crippen molar-refractivity contribution < 1.29 is 19.5 Å². The van der Waals surface area contributed by atoms with Crippen molar-refractivity contribution in [1.82, 2.24) is 15.3 Å². The molecular formula is C18H28N6O4. The first-order valence-electron chi connectivity index (χ1n) is 9.36. The molecular weight excluding hydrogens is 364 g/mol. The van der Waals surface area contributed by atoms with E-state index in [0.717, 1.165) is 31.6 Å². The molecule has 10 nitrogen and oxygen atoms in total.